The van der Waals surface area contributed by atoms with E-state index in [2.05, 4.69) is 19.2 Å². The van der Waals surface area contributed by atoms with Crippen molar-refractivity contribution in [1.29, 1.82) is 0 Å². The van der Waals surface area contributed by atoms with Crippen LogP contribution in [0.1, 0.15) is 39.5 Å². The fourth-order valence-electron chi connectivity index (χ4n) is 2.00. The maximum absolute atomic E-state index is 5.72. The zero-order chi connectivity index (χ0) is 9.68. The molecular weight excluding hydrogens is 162 g/mol. The van der Waals surface area contributed by atoms with Crippen molar-refractivity contribution in [3.8, 4) is 0 Å². The summed E-state index contributed by atoms with van der Waals surface area (Å²) in [6, 6.07) is 0.614. The zero-order valence-electron chi connectivity index (χ0n) is 9.18. The van der Waals surface area contributed by atoms with Crippen molar-refractivity contribution in [3.63, 3.8) is 0 Å². The smallest absolute Gasteiger partial charge is 0.0590 e. The molecule has 0 saturated carbocycles. The lowest BCUT2D eigenvalue weighted by atomic mass is 9.95. The van der Waals surface area contributed by atoms with E-state index in [0.29, 0.717) is 18.1 Å². The minimum Gasteiger partial charge on any atom is -0.378 e. The van der Waals surface area contributed by atoms with Crippen molar-refractivity contribution >= 4 is 0 Å². The van der Waals surface area contributed by atoms with E-state index in [0.717, 1.165) is 6.61 Å². The molecule has 2 atom stereocenters. The standard InChI is InChI=1S/C11H23NO/c1-9(2)11(12-3)8-10-6-4-5-7-13-10/h9-12H,4-8H2,1-3H3. The molecule has 0 aromatic rings. The maximum Gasteiger partial charge on any atom is 0.0590 e. The van der Waals surface area contributed by atoms with Gasteiger partial charge in [-0.1, -0.05) is 13.8 Å². The van der Waals surface area contributed by atoms with Gasteiger partial charge in [-0.25, -0.2) is 0 Å². The van der Waals surface area contributed by atoms with Crippen LogP contribution in [0, 0.1) is 5.92 Å². The molecule has 1 saturated heterocycles. The first-order valence-corrected chi connectivity index (χ1v) is 5.53. The van der Waals surface area contributed by atoms with Gasteiger partial charge in [-0.2, -0.15) is 0 Å². The zero-order valence-corrected chi connectivity index (χ0v) is 9.18. The molecular formula is C11H23NO. The average molecular weight is 185 g/mol. The molecule has 2 unspecified atom stereocenters. The SMILES string of the molecule is CNC(CC1CCCCO1)C(C)C. The molecule has 1 heterocycles. The van der Waals surface area contributed by atoms with Gasteiger partial charge in [-0.05, 0) is 38.6 Å². The summed E-state index contributed by atoms with van der Waals surface area (Å²) >= 11 is 0. The van der Waals surface area contributed by atoms with Gasteiger partial charge in [0.05, 0.1) is 6.10 Å². The Morgan fingerprint density at radius 2 is 2.15 bits per heavy atom. The van der Waals surface area contributed by atoms with Crippen molar-refractivity contribution in [2.75, 3.05) is 13.7 Å². The molecule has 2 heteroatoms. The third kappa shape index (κ3) is 3.65. The molecule has 13 heavy (non-hydrogen) atoms. The summed E-state index contributed by atoms with van der Waals surface area (Å²) in [5, 5.41) is 3.37. The minimum atomic E-state index is 0.508. The normalized spacial score (nSPS) is 26.3. The number of nitrogens with one attached hydrogen (secondary N) is 1. The van der Waals surface area contributed by atoms with Gasteiger partial charge >= 0.3 is 0 Å². The Balaban J connectivity index is 2.27. The van der Waals surface area contributed by atoms with Crippen LogP contribution in [-0.4, -0.2) is 25.8 Å². The summed E-state index contributed by atoms with van der Waals surface area (Å²) < 4.78 is 5.72. The van der Waals surface area contributed by atoms with Crippen LogP contribution in [0.3, 0.4) is 0 Å². The highest BCUT2D eigenvalue weighted by molar-refractivity contribution is 4.75. The fraction of sp³-hybridized carbons (Fsp3) is 1.00. The predicted octanol–water partition coefficient (Wildman–Crippen LogP) is 2.19. The Labute approximate surface area is 82.0 Å². The van der Waals surface area contributed by atoms with Crippen molar-refractivity contribution in [1.82, 2.24) is 5.32 Å². The number of hydrogen-bond acceptors (Lipinski definition) is 2. The van der Waals surface area contributed by atoms with Gasteiger partial charge in [-0.3, -0.25) is 0 Å². The molecule has 0 bridgehead atoms. The summed E-state index contributed by atoms with van der Waals surface area (Å²) in [5.41, 5.74) is 0. The second kappa shape index (κ2) is 5.61. The third-order valence-electron chi connectivity index (χ3n) is 2.97. The van der Waals surface area contributed by atoms with Gasteiger partial charge in [0.25, 0.3) is 0 Å². The Morgan fingerprint density at radius 1 is 1.38 bits per heavy atom. The van der Waals surface area contributed by atoms with E-state index < -0.39 is 0 Å². The van der Waals surface area contributed by atoms with E-state index in [-0.39, 0.29) is 0 Å². The van der Waals surface area contributed by atoms with Gasteiger partial charge in [0.2, 0.25) is 0 Å². The second-order valence-corrected chi connectivity index (χ2v) is 4.36. The van der Waals surface area contributed by atoms with Gasteiger partial charge in [0, 0.05) is 12.6 Å². The van der Waals surface area contributed by atoms with Crippen LogP contribution in [-0.2, 0) is 4.74 Å². The van der Waals surface area contributed by atoms with Crippen LogP contribution in [0.5, 0.6) is 0 Å². The summed E-state index contributed by atoms with van der Waals surface area (Å²) in [4.78, 5) is 0. The summed E-state index contributed by atoms with van der Waals surface area (Å²) in [6.45, 7) is 5.51. The molecule has 0 radical (unpaired) electrons. The highest BCUT2D eigenvalue weighted by Gasteiger charge is 2.20. The van der Waals surface area contributed by atoms with Crippen LogP contribution < -0.4 is 5.32 Å². The quantitative estimate of drug-likeness (QED) is 0.725. The van der Waals surface area contributed by atoms with Crippen LogP contribution in [0.25, 0.3) is 0 Å². The minimum absolute atomic E-state index is 0.508. The summed E-state index contributed by atoms with van der Waals surface area (Å²) in [7, 11) is 2.05. The first kappa shape index (κ1) is 11.0. The van der Waals surface area contributed by atoms with E-state index in [4.69, 9.17) is 4.74 Å². The van der Waals surface area contributed by atoms with E-state index in [1.54, 1.807) is 0 Å². The molecule has 1 fully saturated rings. The lowest BCUT2D eigenvalue weighted by molar-refractivity contribution is 0.00275. The van der Waals surface area contributed by atoms with E-state index in [9.17, 15) is 0 Å². The lowest BCUT2D eigenvalue weighted by Crippen LogP contribution is -2.36. The van der Waals surface area contributed by atoms with Crippen molar-refractivity contribution in [2.45, 2.75) is 51.7 Å². The largest absolute Gasteiger partial charge is 0.378 e. The van der Waals surface area contributed by atoms with Crippen molar-refractivity contribution < 1.29 is 4.74 Å². The van der Waals surface area contributed by atoms with E-state index in [1.807, 2.05) is 7.05 Å². The monoisotopic (exact) mass is 185 g/mol. The van der Waals surface area contributed by atoms with Crippen LogP contribution >= 0.6 is 0 Å². The molecule has 0 amide bonds. The molecule has 2 nitrogen and oxygen atoms in total. The maximum atomic E-state index is 5.72. The van der Waals surface area contributed by atoms with Gasteiger partial charge < -0.3 is 10.1 Å². The second-order valence-electron chi connectivity index (χ2n) is 4.36. The Morgan fingerprint density at radius 3 is 2.62 bits per heavy atom. The third-order valence-corrected chi connectivity index (χ3v) is 2.97. The summed E-state index contributed by atoms with van der Waals surface area (Å²) in [5.74, 6) is 0.704. The van der Waals surface area contributed by atoms with Crippen molar-refractivity contribution in [3.05, 3.63) is 0 Å². The molecule has 0 spiro atoms. The first-order chi connectivity index (χ1) is 6.24. The highest BCUT2D eigenvalue weighted by atomic mass is 16.5. The summed E-state index contributed by atoms with van der Waals surface area (Å²) in [6.07, 6.45) is 5.54. The molecule has 1 rings (SSSR count). The fourth-order valence-corrected chi connectivity index (χ4v) is 2.00. The molecule has 1 N–H and O–H groups in total. The van der Waals surface area contributed by atoms with Gasteiger partial charge in [0.15, 0.2) is 0 Å². The molecule has 78 valence electrons. The molecule has 1 aliphatic heterocycles. The Bertz CT molecular complexity index is 130. The first-order valence-electron chi connectivity index (χ1n) is 5.53. The predicted molar refractivity (Wildman–Crippen MR) is 55.9 cm³/mol. The Hall–Kier alpha value is -0.0800. The molecule has 0 aromatic carbocycles. The molecule has 0 aromatic heterocycles. The molecule has 1 aliphatic rings. The molecule has 0 aliphatic carbocycles. The average Bonchev–Trinajstić information content (AvgIpc) is 2.15. The highest BCUT2D eigenvalue weighted by Crippen LogP contribution is 2.19. The van der Waals surface area contributed by atoms with E-state index >= 15 is 0 Å². The van der Waals surface area contributed by atoms with E-state index in [1.165, 1.54) is 25.7 Å². The lowest BCUT2D eigenvalue weighted by Gasteiger charge is -2.28. The van der Waals surface area contributed by atoms with Crippen LogP contribution in [0.4, 0.5) is 0 Å². The number of hydrogen-bond donors (Lipinski definition) is 1. The number of rotatable bonds is 4. The van der Waals surface area contributed by atoms with Crippen LogP contribution in [0.2, 0.25) is 0 Å². The van der Waals surface area contributed by atoms with Gasteiger partial charge in [-0.15, -0.1) is 0 Å². The Kier molecular flexibility index (Phi) is 4.74. The van der Waals surface area contributed by atoms with Crippen LogP contribution in [0.15, 0.2) is 0 Å². The van der Waals surface area contributed by atoms with Crippen molar-refractivity contribution in [2.24, 2.45) is 5.92 Å². The van der Waals surface area contributed by atoms with Gasteiger partial charge in [0.1, 0.15) is 0 Å². The topological polar surface area (TPSA) is 21.3 Å². The number of ether oxygens (including phenoxy) is 1.